The van der Waals surface area contributed by atoms with Gasteiger partial charge < -0.3 is 15.2 Å². The van der Waals surface area contributed by atoms with Crippen LogP contribution in [0.15, 0.2) is 36.5 Å². The average molecular weight is 353 g/mol. The largest absolute Gasteiger partial charge is 0.493 e. The zero-order chi connectivity index (χ0) is 18.5. The number of anilines is 1. The van der Waals surface area contributed by atoms with Gasteiger partial charge in [-0.1, -0.05) is 0 Å². The lowest BCUT2D eigenvalue weighted by molar-refractivity contribution is 0.0692. The predicted octanol–water partition coefficient (Wildman–Crippen LogP) is 2.88. The topological polar surface area (TPSA) is 113 Å². The molecule has 0 aliphatic rings. The summed E-state index contributed by atoms with van der Waals surface area (Å²) in [4.78, 5) is 20.1. The van der Waals surface area contributed by atoms with Crippen molar-refractivity contribution in [2.24, 2.45) is 0 Å². The molecule has 0 saturated heterocycles. The number of aryl methyl sites for hydroxylation is 1. The Morgan fingerprint density at radius 3 is 2.85 bits per heavy atom. The highest BCUT2D eigenvalue weighted by Gasteiger charge is 2.14. The van der Waals surface area contributed by atoms with E-state index in [2.05, 4.69) is 25.5 Å². The molecule has 134 valence electrons. The molecule has 8 nitrogen and oxygen atoms in total. The molecule has 3 rings (SSSR count). The number of carboxylic acids is 1. The molecule has 0 bridgehead atoms. The maximum atomic E-state index is 11.5. The standard InChI is InChI=1S/C18H19N5O3/c1-3-26-16-5-4-12(9-14(16)17(24)25)15-6-7-19-18(21-15)20-10-13-8-11(2)22-23-13/h4-9H,3,10H2,1-2H3,(H,22,23)(H,24,25)(H,19,20,21). The number of ether oxygens (including phenoxy) is 1. The minimum Gasteiger partial charge on any atom is -0.493 e. The van der Waals surface area contributed by atoms with Crippen LogP contribution in [0.3, 0.4) is 0 Å². The SMILES string of the molecule is CCOc1ccc(-c2ccnc(NCc3cc(C)[nH]n3)n2)cc1C(=O)O. The van der Waals surface area contributed by atoms with Gasteiger partial charge in [-0.2, -0.15) is 5.10 Å². The Bertz CT molecular complexity index is 923. The van der Waals surface area contributed by atoms with Crippen molar-refractivity contribution >= 4 is 11.9 Å². The van der Waals surface area contributed by atoms with Crippen LogP contribution in [0.4, 0.5) is 5.95 Å². The number of benzene rings is 1. The van der Waals surface area contributed by atoms with Crippen LogP contribution in [-0.4, -0.2) is 37.8 Å². The molecule has 0 fully saturated rings. The molecule has 0 amide bonds. The van der Waals surface area contributed by atoms with E-state index in [-0.39, 0.29) is 5.56 Å². The van der Waals surface area contributed by atoms with E-state index in [0.717, 1.165) is 11.4 Å². The molecular formula is C18H19N5O3. The van der Waals surface area contributed by atoms with Crippen LogP contribution < -0.4 is 10.1 Å². The number of nitrogens with zero attached hydrogens (tertiary/aromatic N) is 3. The molecule has 0 aliphatic heterocycles. The number of H-pyrrole nitrogens is 1. The number of hydrogen-bond donors (Lipinski definition) is 3. The van der Waals surface area contributed by atoms with Crippen molar-refractivity contribution < 1.29 is 14.6 Å². The van der Waals surface area contributed by atoms with Gasteiger partial charge in [-0.25, -0.2) is 14.8 Å². The van der Waals surface area contributed by atoms with E-state index in [4.69, 9.17) is 4.74 Å². The van der Waals surface area contributed by atoms with Gasteiger partial charge in [-0.3, -0.25) is 5.10 Å². The van der Waals surface area contributed by atoms with E-state index in [9.17, 15) is 9.90 Å². The molecule has 0 spiro atoms. The van der Waals surface area contributed by atoms with Crippen molar-refractivity contribution in [3.63, 3.8) is 0 Å². The first kappa shape index (κ1) is 17.4. The van der Waals surface area contributed by atoms with E-state index in [0.29, 0.717) is 36.1 Å². The number of hydrogen-bond acceptors (Lipinski definition) is 6. The van der Waals surface area contributed by atoms with E-state index in [1.807, 2.05) is 19.9 Å². The lowest BCUT2D eigenvalue weighted by atomic mass is 10.1. The molecule has 8 heteroatoms. The van der Waals surface area contributed by atoms with Crippen molar-refractivity contribution in [1.82, 2.24) is 20.2 Å². The molecular weight excluding hydrogens is 334 g/mol. The number of carbonyl (C=O) groups is 1. The second-order valence-electron chi connectivity index (χ2n) is 5.61. The van der Waals surface area contributed by atoms with Gasteiger partial charge in [-0.05, 0) is 44.2 Å². The third-order valence-corrected chi connectivity index (χ3v) is 3.65. The fourth-order valence-corrected chi connectivity index (χ4v) is 2.48. The van der Waals surface area contributed by atoms with Crippen LogP contribution in [0.25, 0.3) is 11.3 Å². The Morgan fingerprint density at radius 1 is 1.31 bits per heavy atom. The summed E-state index contributed by atoms with van der Waals surface area (Å²) in [7, 11) is 0. The number of rotatable bonds is 7. The molecule has 2 heterocycles. The zero-order valence-electron chi connectivity index (χ0n) is 14.5. The summed E-state index contributed by atoms with van der Waals surface area (Å²) in [5.74, 6) is -0.268. The zero-order valence-corrected chi connectivity index (χ0v) is 14.5. The highest BCUT2D eigenvalue weighted by molar-refractivity contribution is 5.92. The first-order chi connectivity index (χ1) is 12.6. The Hall–Kier alpha value is -3.42. The highest BCUT2D eigenvalue weighted by atomic mass is 16.5. The molecule has 1 aromatic carbocycles. The summed E-state index contributed by atoms with van der Waals surface area (Å²) in [5.41, 5.74) is 3.22. The maximum Gasteiger partial charge on any atom is 0.339 e. The summed E-state index contributed by atoms with van der Waals surface area (Å²) in [6, 6.07) is 8.63. The van der Waals surface area contributed by atoms with Crippen molar-refractivity contribution in [1.29, 1.82) is 0 Å². The Kier molecular flexibility index (Phi) is 5.12. The van der Waals surface area contributed by atoms with Gasteiger partial charge in [0.25, 0.3) is 0 Å². The van der Waals surface area contributed by atoms with Crippen molar-refractivity contribution in [3.8, 4) is 17.0 Å². The second-order valence-corrected chi connectivity index (χ2v) is 5.61. The van der Waals surface area contributed by atoms with Gasteiger partial charge in [0.2, 0.25) is 5.95 Å². The average Bonchev–Trinajstić information content (AvgIpc) is 3.06. The molecule has 3 aromatic rings. The van der Waals surface area contributed by atoms with Crippen LogP contribution in [-0.2, 0) is 6.54 Å². The van der Waals surface area contributed by atoms with E-state index < -0.39 is 5.97 Å². The fraction of sp³-hybridized carbons (Fsp3) is 0.222. The summed E-state index contributed by atoms with van der Waals surface area (Å²) >= 11 is 0. The minimum atomic E-state index is -1.04. The van der Waals surface area contributed by atoms with Gasteiger partial charge in [-0.15, -0.1) is 0 Å². The third-order valence-electron chi connectivity index (χ3n) is 3.65. The lowest BCUT2D eigenvalue weighted by Crippen LogP contribution is -2.05. The molecule has 2 aromatic heterocycles. The van der Waals surface area contributed by atoms with Gasteiger partial charge in [0.1, 0.15) is 11.3 Å². The monoisotopic (exact) mass is 353 g/mol. The Labute approximate surface area is 150 Å². The quantitative estimate of drug-likeness (QED) is 0.598. The fourth-order valence-electron chi connectivity index (χ4n) is 2.48. The van der Waals surface area contributed by atoms with Gasteiger partial charge >= 0.3 is 5.97 Å². The van der Waals surface area contributed by atoms with Gasteiger partial charge in [0.15, 0.2) is 0 Å². The van der Waals surface area contributed by atoms with Gasteiger partial charge in [0.05, 0.1) is 24.5 Å². The molecule has 0 saturated carbocycles. The lowest BCUT2D eigenvalue weighted by Gasteiger charge is -2.10. The molecule has 26 heavy (non-hydrogen) atoms. The van der Waals surface area contributed by atoms with E-state index in [1.165, 1.54) is 0 Å². The molecule has 0 radical (unpaired) electrons. The summed E-state index contributed by atoms with van der Waals surface area (Å²) in [5, 5.41) is 19.5. The van der Waals surface area contributed by atoms with E-state index in [1.54, 1.807) is 30.5 Å². The molecule has 0 unspecified atom stereocenters. The Balaban J connectivity index is 1.83. The van der Waals surface area contributed by atoms with Crippen LogP contribution in [0.1, 0.15) is 28.7 Å². The minimum absolute atomic E-state index is 0.101. The van der Waals surface area contributed by atoms with Crippen LogP contribution in [0.2, 0.25) is 0 Å². The molecule has 3 N–H and O–H groups in total. The first-order valence-corrected chi connectivity index (χ1v) is 8.15. The smallest absolute Gasteiger partial charge is 0.339 e. The highest BCUT2D eigenvalue weighted by Crippen LogP contribution is 2.26. The van der Waals surface area contributed by atoms with Crippen molar-refractivity contribution in [3.05, 3.63) is 53.5 Å². The normalized spacial score (nSPS) is 10.5. The number of aromatic amines is 1. The summed E-state index contributed by atoms with van der Waals surface area (Å²) in [6.07, 6.45) is 1.62. The van der Waals surface area contributed by atoms with Gasteiger partial charge in [0, 0.05) is 17.5 Å². The maximum absolute atomic E-state index is 11.5. The Morgan fingerprint density at radius 2 is 2.15 bits per heavy atom. The summed E-state index contributed by atoms with van der Waals surface area (Å²) < 4.78 is 5.37. The second kappa shape index (κ2) is 7.64. The third kappa shape index (κ3) is 3.97. The van der Waals surface area contributed by atoms with Crippen LogP contribution in [0.5, 0.6) is 5.75 Å². The molecule has 0 atom stereocenters. The molecule has 0 aliphatic carbocycles. The number of carboxylic acid groups (broad SMARTS) is 1. The predicted molar refractivity (Wildman–Crippen MR) is 96.2 cm³/mol. The van der Waals surface area contributed by atoms with Crippen molar-refractivity contribution in [2.75, 3.05) is 11.9 Å². The number of nitrogens with one attached hydrogen (secondary N) is 2. The van der Waals surface area contributed by atoms with Crippen LogP contribution in [0, 0.1) is 6.92 Å². The number of aromatic nitrogens is 4. The number of aromatic carboxylic acids is 1. The summed E-state index contributed by atoms with van der Waals surface area (Å²) in [6.45, 7) is 4.62. The van der Waals surface area contributed by atoms with Crippen molar-refractivity contribution in [2.45, 2.75) is 20.4 Å². The first-order valence-electron chi connectivity index (χ1n) is 8.15. The van der Waals surface area contributed by atoms with E-state index >= 15 is 0 Å². The van der Waals surface area contributed by atoms with Crippen LogP contribution >= 0.6 is 0 Å².